The fourth-order valence-electron chi connectivity index (χ4n) is 1.55. The molecule has 0 bridgehead atoms. The third-order valence-electron chi connectivity index (χ3n) is 2.49. The van der Waals surface area contributed by atoms with Gasteiger partial charge >= 0.3 is 0 Å². The van der Waals surface area contributed by atoms with Gasteiger partial charge in [-0.1, -0.05) is 52.5 Å². The normalized spacial score (nSPS) is 10.2. The first-order valence-corrected chi connectivity index (χ1v) is 6.98. The molecule has 0 unspecified atom stereocenters. The van der Waals surface area contributed by atoms with E-state index in [1.54, 1.807) is 18.2 Å². The predicted octanol–water partition coefficient (Wildman–Crippen LogP) is 5.75. The van der Waals surface area contributed by atoms with E-state index in [2.05, 4.69) is 0 Å². The predicted molar refractivity (Wildman–Crippen MR) is 82.0 cm³/mol. The van der Waals surface area contributed by atoms with Crippen LogP contribution >= 0.6 is 46.4 Å². The van der Waals surface area contributed by atoms with E-state index in [1.807, 2.05) is 6.07 Å². The summed E-state index contributed by atoms with van der Waals surface area (Å²) in [5.74, 6) is 0.332. The lowest BCUT2D eigenvalue weighted by atomic mass is 10.2. The van der Waals surface area contributed by atoms with E-state index in [0.29, 0.717) is 21.4 Å². The van der Waals surface area contributed by atoms with Crippen molar-refractivity contribution >= 4 is 46.4 Å². The zero-order chi connectivity index (χ0) is 14.7. The van der Waals surface area contributed by atoms with Crippen LogP contribution in [0.15, 0.2) is 30.3 Å². The van der Waals surface area contributed by atoms with Crippen molar-refractivity contribution in [3.63, 3.8) is 0 Å². The van der Waals surface area contributed by atoms with Crippen LogP contribution in [0.5, 0.6) is 5.75 Å². The van der Waals surface area contributed by atoms with Gasteiger partial charge in [0.1, 0.15) is 6.61 Å². The molecule has 102 valence electrons. The Balaban J connectivity index is 2.19. The van der Waals surface area contributed by atoms with Gasteiger partial charge in [-0.25, -0.2) is 0 Å². The Morgan fingerprint density at radius 1 is 0.900 bits per heavy atom. The lowest BCUT2D eigenvalue weighted by Crippen LogP contribution is -1.97. The Morgan fingerprint density at radius 3 is 2.10 bits per heavy atom. The highest BCUT2D eigenvalue weighted by Crippen LogP contribution is 2.34. The highest BCUT2D eigenvalue weighted by molar-refractivity contribution is 6.42. The summed E-state index contributed by atoms with van der Waals surface area (Å²) in [6, 6.07) is 10.1. The average molecular weight is 347 g/mol. The molecule has 0 amide bonds. The molecular weight excluding hydrogens is 340 g/mol. The van der Waals surface area contributed by atoms with Gasteiger partial charge in [-0.05, 0) is 29.8 Å². The minimum absolute atomic E-state index is 0.238. The summed E-state index contributed by atoms with van der Waals surface area (Å²) in [7, 11) is 0. The molecule has 0 fully saturated rings. The third-order valence-corrected chi connectivity index (χ3v) is 3.80. The molecule has 0 heterocycles. The Morgan fingerprint density at radius 2 is 1.55 bits per heavy atom. The van der Waals surface area contributed by atoms with Crippen LogP contribution in [0.3, 0.4) is 0 Å². The first kappa shape index (κ1) is 15.3. The average Bonchev–Trinajstić information content (AvgIpc) is 2.41. The molecule has 0 atom stereocenters. The topological polar surface area (TPSA) is 33.0 Å². The van der Waals surface area contributed by atoms with E-state index >= 15 is 0 Å². The smallest absolute Gasteiger partial charge is 0.157 e. The van der Waals surface area contributed by atoms with Gasteiger partial charge in [-0.2, -0.15) is 5.26 Å². The van der Waals surface area contributed by atoms with Crippen molar-refractivity contribution in [2.75, 3.05) is 0 Å². The van der Waals surface area contributed by atoms with Crippen LogP contribution in [0.2, 0.25) is 20.1 Å². The lowest BCUT2D eigenvalue weighted by Gasteiger charge is -2.10. The van der Waals surface area contributed by atoms with E-state index in [4.69, 9.17) is 56.4 Å². The third kappa shape index (κ3) is 3.50. The van der Waals surface area contributed by atoms with Gasteiger partial charge in [0.15, 0.2) is 5.75 Å². The van der Waals surface area contributed by atoms with E-state index in [-0.39, 0.29) is 16.7 Å². The molecule has 6 heteroatoms. The SMILES string of the molecule is N#Cc1cc(Cl)c(OCc2ccc(Cl)c(Cl)c2)c(Cl)c1. The molecule has 0 radical (unpaired) electrons. The summed E-state index contributed by atoms with van der Waals surface area (Å²) < 4.78 is 5.57. The molecule has 20 heavy (non-hydrogen) atoms. The summed E-state index contributed by atoms with van der Waals surface area (Å²) >= 11 is 23.8. The molecule has 0 aliphatic rings. The molecule has 0 N–H and O–H groups in total. The number of nitrogens with zero attached hydrogens (tertiary/aromatic N) is 1. The van der Waals surface area contributed by atoms with Crippen molar-refractivity contribution in [2.45, 2.75) is 6.61 Å². The minimum Gasteiger partial charge on any atom is -0.486 e. The quantitative estimate of drug-likeness (QED) is 0.708. The Labute approximate surface area is 136 Å². The molecule has 2 aromatic carbocycles. The van der Waals surface area contributed by atoms with Crippen LogP contribution in [-0.4, -0.2) is 0 Å². The van der Waals surface area contributed by atoms with Gasteiger partial charge in [0.25, 0.3) is 0 Å². The van der Waals surface area contributed by atoms with E-state index in [1.165, 1.54) is 12.1 Å². The van der Waals surface area contributed by atoms with Gasteiger partial charge in [0, 0.05) is 0 Å². The lowest BCUT2D eigenvalue weighted by molar-refractivity contribution is 0.306. The number of benzene rings is 2. The van der Waals surface area contributed by atoms with E-state index in [9.17, 15) is 0 Å². The van der Waals surface area contributed by atoms with Gasteiger partial charge in [0.05, 0.1) is 31.7 Å². The van der Waals surface area contributed by atoms with Crippen LogP contribution in [0.25, 0.3) is 0 Å². The maximum absolute atomic E-state index is 8.81. The van der Waals surface area contributed by atoms with Gasteiger partial charge in [-0.15, -0.1) is 0 Å². The molecule has 0 aromatic heterocycles. The van der Waals surface area contributed by atoms with Crippen LogP contribution in [-0.2, 0) is 6.61 Å². The van der Waals surface area contributed by atoms with Crippen molar-refractivity contribution in [1.29, 1.82) is 5.26 Å². The zero-order valence-corrected chi connectivity index (χ0v) is 13.0. The largest absolute Gasteiger partial charge is 0.486 e. The number of hydrogen-bond acceptors (Lipinski definition) is 2. The highest BCUT2D eigenvalue weighted by atomic mass is 35.5. The van der Waals surface area contributed by atoms with Gasteiger partial charge in [-0.3, -0.25) is 0 Å². The second-order valence-electron chi connectivity index (χ2n) is 3.92. The first-order valence-electron chi connectivity index (χ1n) is 5.47. The van der Waals surface area contributed by atoms with Crippen molar-refractivity contribution < 1.29 is 4.74 Å². The number of halogens is 4. The Bertz CT molecular complexity index is 671. The van der Waals surface area contributed by atoms with Crippen LogP contribution in [0.4, 0.5) is 0 Å². The molecule has 2 aromatic rings. The fourth-order valence-corrected chi connectivity index (χ4v) is 2.46. The monoisotopic (exact) mass is 345 g/mol. The van der Waals surface area contributed by atoms with Crippen LogP contribution in [0.1, 0.15) is 11.1 Å². The number of rotatable bonds is 3. The highest BCUT2D eigenvalue weighted by Gasteiger charge is 2.10. The van der Waals surface area contributed by atoms with Crippen molar-refractivity contribution in [1.82, 2.24) is 0 Å². The van der Waals surface area contributed by atoms with E-state index in [0.717, 1.165) is 5.56 Å². The molecule has 0 saturated carbocycles. The molecule has 0 spiro atoms. The van der Waals surface area contributed by atoms with Gasteiger partial charge < -0.3 is 4.74 Å². The molecular formula is C14H7Cl4NO. The maximum atomic E-state index is 8.81. The van der Waals surface area contributed by atoms with Crippen molar-refractivity contribution in [2.24, 2.45) is 0 Å². The van der Waals surface area contributed by atoms with E-state index < -0.39 is 0 Å². The number of hydrogen-bond donors (Lipinski definition) is 0. The second kappa shape index (κ2) is 6.56. The molecule has 2 rings (SSSR count). The first-order chi connectivity index (χ1) is 9.51. The van der Waals surface area contributed by atoms with Crippen LogP contribution < -0.4 is 4.74 Å². The Kier molecular flexibility index (Phi) is 5.01. The summed E-state index contributed by atoms with van der Waals surface area (Å²) in [4.78, 5) is 0. The molecule has 0 saturated heterocycles. The summed E-state index contributed by atoms with van der Waals surface area (Å²) in [5, 5.41) is 10.3. The summed E-state index contributed by atoms with van der Waals surface area (Å²) in [5.41, 5.74) is 1.21. The van der Waals surface area contributed by atoms with Crippen LogP contribution in [0, 0.1) is 11.3 Å². The zero-order valence-electron chi connectivity index (χ0n) is 9.96. The number of ether oxygens (including phenoxy) is 1. The van der Waals surface area contributed by atoms with Gasteiger partial charge in [0.2, 0.25) is 0 Å². The summed E-state index contributed by atoms with van der Waals surface area (Å²) in [6.45, 7) is 0.238. The molecule has 2 nitrogen and oxygen atoms in total. The summed E-state index contributed by atoms with van der Waals surface area (Å²) in [6.07, 6.45) is 0. The minimum atomic E-state index is 0.238. The maximum Gasteiger partial charge on any atom is 0.157 e. The number of nitriles is 1. The molecule has 0 aliphatic carbocycles. The second-order valence-corrected chi connectivity index (χ2v) is 5.55. The van der Waals surface area contributed by atoms with Crippen molar-refractivity contribution in [3.05, 3.63) is 61.5 Å². The fraction of sp³-hybridized carbons (Fsp3) is 0.0714. The Hall–Kier alpha value is -1.11. The van der Waals surface area contributed by atoms with Crippen molar-refractivity contribution in [3.8, 4) is 11.8 Å². The molecule has 0 aliphatic heterocycles. The standard InChI is InChI=1S/C14H7Cl4NO/c15-10-2-1-8(3-11(10)16)7-20-14-12(17)4-9(6-19)5-13(14)18/h1-5H,7H2.